The average molecular weight is 382 g/mol. The van der Waals surface area contributed by atoms with E-state index in [0.29, 0.717) is 30.0 Å². The number of benzene rings is 1. The van der Waals surface area contributed by atoms with Crippen molar-refractivity contribution in [2.45, 2.75) is 45.8 Å². The third kappa shape index (κ3) is 3.23. The summed E-state index contributed by atoms with van der Waals surface area (Å²) < 4.78 is 7.25. The van der Waals surface area contributed by atoms with Crippen molar-refractivity contribution in [1.29, 1.82) is 0 Å². The van der Waals surface area contributed by atoms with Gasteiger partial charge in [0.1, 0.15) is 12.3 Å². The third-order valence-corrected chi connectivity index (χ3v) is 5.60. The Kier molecular flexibility index (Phi) is 4.99. The number of aryl methyl sites for hydroxylation is 1. The average Bonchev–Trinajstić information content (AvgIpc) is 3.06. The molecule has 0 bridgehead atoms. The number of fused-ring (bicyclic) bond motifs is 3. The van der Waals surface area contributed by atoms with E-state index in [9.17, 15) is 19.6 Å². The van der Waals surface area contributed by atoms with Crippen LogP contribution in [0.15, 0.2) is 24.3 Å². The predicted molar refractivity (Wildman–Crippen MR) is 104 cm³/mol. The topological polar surface area (TPSA) is 92.0 Å². The molecule has 1 aliphatic carbocycles. The summed E-state index contributed by atoms with van der Waals surface area (Å²) in [6.07, 6.45) is 4.31. The van der Waals surface area contributed by atoms with Crippen LogP contribution >= 0.6 is 0 Å². The highest BCUT2D eigenvalue weighted by Gasteiger charge is 2.32. The summed E-state index contributed by atoms with van der Waals surface area (Å²) in [5.74, 6) is -0.589. The molecule has 2 heterocycles. The van der Waals surface area contributed by atoms with Crippen LogP contribution in [0, 0.1) is 0 Å². The molecule has 1 amide bonds. The molecular weight excluding hydrogens is 359 g/mol. The molecule has 0 unspecified atom stereocenters. The van der Waals surface area contributed by atoms with Crippen LogP contribution in [0.3, 0.4) is 0 Å². The van der Waals surface area contributed by atoms with Gasteiger partial charge in [-0.25, -0.2) is 0 Å². The van der Waals surface area contributed by atoms with Crippen LogP contribution < -0.4 is 10.4 Å². The normalized spacial score (nSPS) is 15.8. The van der Waals surface area contributed by atoms with Gasteiger partial charge in [-0.3, -0.25) is 9.59 Å². The fraction of sp³-hybridized carbons (Fsp3) is 0.400. The van der Waals surface area contributed by atoms with Gasteiger partial charge < -0.3 is 24.3 Å². The zero-order chi connectivity index (χ0) is 19.8. The Balaban J connectivity index is 1.73. The molecule has 2 N–H and O–H groups in total. The molecule has 8 heteroatoms. The minimum atomic E-state index is -1.72. The molecule has 146 valence electrons. The summed E-state index contributed by atoms with van der Waals surface area (Å²) in [6.45, 7) is 2.33. The van der Waals surface area contributed by atoms with Crippen molar-refractivity contribution in [3.8, 4) is 0 Å². The molecule has 0 radical (unpaired) electrons. The Hall–Kier alpha value is -2.58. The minimum Gasteiger partial charge on any atom is -0.461 e. The lowest BCUT2D eigenvalue weighted by molar-refractivity contribution is -0.142. The van der Waals surface area contributed by atoms with E-state index in [1.807, 2.05) is 6.07 Å². The number of nitrogens with zero attached hydrogens (tertiary/aromatic N) is 2. The van der Waals surface area contributed by atoms with E-state index < -0.39 is 13.1 Å². The SMILES string of the molecule is CC(=O)OCc1c(B(O)O)cccc1N1CCn2c(cc3c2CCCC3)C1=O. The van der Waals surface area contributed by atoms with Crippen LogP contribution in [0.5, 0.6) is 0 Å². The van der Waals surface area contributed by atoms with Gasteiger partial charge in [-0.15, -0.1) is 0 Å². The number of aromatic nitrogens is 1. The maximum absolute atomic E-state index is 13.3. The monoisotopic (exact) mass is 382 g/mol. The van der Waals surface area contributed by atoms with E-state index >= 15 is 0 Å². The second-order valence-electron chi connectivity index (χ2n) is 7.32. The molecule has 0 fully saturated rings. The van der Waals surface area contributed by atoms with Crippen LogP contribution in [0.25, 0.3) is 0 Å². The van der Waals surface area contributed by atoms with Crippen molar-refractivity contribution in [1.82, 2.24) is 4.57 Å². The van der Waals surface area contributed by atoms with Crippen molar-refractivity contribution in [2.24, 2.45) is 0 Å². The Bertz CT molecular complexity index is 937. The van der Waals surface area contributed by atoms with Crippen LogP contribution in [0.2, 0.25) is 0 Å². The molecule has 1 aliphatic heterocycles. The van der Waals surface area contributed by atoms with Gasteiger partial charge >= 0.3 is 13.1 Å². The lowest BCUT2D eigenvalue weighted by Crippen LogP contribution is -2.43. The number of carbonyl (C=O) groups excluding carboxylic acids is 2. The van der Waals surface area contributed by atoms with Crippen molar-refractivity contribution >= 4 is 30.1 Å². The zero-order valence-electron chi connectivity index (χ0n) is 15.9. The van der Waals surface area contributed by atoms with Gasteiger partial charge in [0.2, 0.25) is 0 Å². The van der Waals surface area contributed by atoms with E-state index in [2.05, 4.69) is 4.57 Å². The summed E-state index contributed by atoms with van der Waals surface area (Å²) in [7, 11) is -1.72. The molecule has 2 aromatic rings. The molecule has 7 nitrogen and oxygen atoms in total. The number of hydrogen-bond donors (Lipinski definition) is 2. The van der Waals surface area contributed by atoms with E-state index in [4.69, 9.17) is 4.74 Å². The molecule has 1 aromatic heterocycles. The molecule has 4 rings (SSSR count). The van der Waals surface area contributed by atoms with Gasteiger partial charge in [-0.05, 0) is 48.8 Å². The Morgan fingerprint density at radius 2 is 2.00 bits per heavy atom. The standard InChI is InChI=1S/C20H23BN2O5/c1-13(24)28-12-15-16(21(26)27)6-4-8-18(15)23-10-9-22-17-7-3-2-5-14(17)11-19(22)20(23)25/h4,6,8,11,26-27H,2-3,5,7,9-10,12H2,1H3. The number of anilines is 1. The van der Waals surface area contributed by atoms with E-state index in [0.717, 1.165) is 25.7 Å². The van der Waals surface area contributed by atoms with Gasteiger partial charge in [0.25, 0.3) is 5.91 Å². The molecule has 28 heavy (non-hydrogen) atoms. The number of esters is 1. The number of ether oxygens (including phenoxy) is 1. The van der Waals surface area contributed by atoms with Crippen LogP contribution in [0.1, 0.15) is 47.1 Å². The third-order valence-electron chi connectivity index (χ3n) is 5.60. The largest absolute Gasteiger partial charge is 0.488 e. The van der Waals surface area contributed by atoms with Gasteiger partial charge in [-0.2, -0.15) is 0 Å². The summed E-state index contributed by atoms with van der Waals surface area (Å²) in [5, 5.41) is 19.5. The zero-order valence-corrected chi connectivity index (χ0v) is 15.9. The molecule has 0 saturated heterocycles. The number of rotatable bonds is 4. The minimum absolute atomic E-state index is 0.116. The first-order chi connectivity index (χ1) is 13.5. The van der Waals surface area contributed by atoms with Crippen molar-refractivity contribution < 1.29 is 24.4 Å². The van der Waals surface area contributed by atoms with E-state index in [-0.39, 0.29) is 18.0 Å². The van der Waals surface area contributed by atoms with E-state index in [1.54, 1.807) is 23.1 Å². The van der Waals surface area contributed by atoms with Crippen LogP contribution in [-0.2, 0) is 35.5 Å². The number of carbonyl (C=O) groups is 2. The molecule has 0 atom stereocenters. The summed E-state index contributed by atoms with van der Waals surface area (Å²) in [4.78, 5) is 26.2. The summed E-state index contributed by atoms with van der Waals surface area (Å²) in [6, 6.07) is 6.98. The maximum atomic E-state index is 13.3. The summed E-state index contributed by atoms with van der Waals surface area (Å²) in [5.41, 5.74) is 4.41. The first kappa shape index (κ1) is 18.8. The van der Waals surface area contributed by atoms with Crippen molar-refractivity contribution in [2.75, 3.05) is 11.4 Å². The van der Waals surface area contributed by atoms with Crippen LogP contribution in [-0.4, -0.2) is 40.2 Å². The smallest absolute Gasteiger partial charge is 0.461 e. The fourth-order valence-corrected chi connectivity index (χ4v) is 4.28. The Labute approximate surface area is 163 Å². The highest BCUT2D eigenvalue weighted by molar-refractivity contribution is 6.59. The molecule has 0 saturated carbocycles. The highest BCUT2D eigenvalue weighted by atomic mass is 16.5. The van der Waals surface area contributed by atoms with Gasteiger partial charge in [0.05, 0.1) is 5.69 Å². The predicted octanol–water partition coefficient (Wildman–Crippen LogP) is 0.770. The second kappa shape index (κ2) is 7.45. The molecule has 2 aliphatic rings. The Morgan fingerprint density at radius 3 is 2.75 bits per heavy atom. The van der Waals surface area contributed by atoms with Crippen molar-refractivity contribution in [3.05, 3.63) is 46.8 Å². The van der Waals surface area contributed by atoms with Gasteiger partial charge in [-0.1, -0.05) is 12.1 Å². The quantitative estimate of drug-likeness (QED) is 0.602. The molecular formula is C20H23BN2O5. The lowest BCUT2D eigenvalue weighted by atomic mass is 9.76. The van der Waals surface area contributed by atoms with Crippen molar-refractivity contribution in [3.63, 3.8) is 0 Å². The Morgan fingerprint density at radius 1 is 1.21 bits per heavy atom. The number of hydrogen-bond acceptors (Lipinski definition) is 5. The summed E-state index contributed by atoms with van der Waals surface area (Å²) >= 11 is 0. The first-order valence-corrected chi connectivity index (χ1v) is 9.62. The van der Waals surface area contributed by atoms with Crippen LogP contribution in [0.4, 0.5) is 5.69 Å². The number of amides is 1. The maximum Gasteiger partial charge on any atom is 0.488 e. The lowest BCUT2D eigenvalue weighted by Gasteiger charge is -2.31. The second-order valence-corrected chi connectivity index (χ2v) is 7.32. The fourth-order valence-electron chi connectivity index (χ4n) is 4.28. The van der Waals surface area contributed by atoms with Gasteiger partial charge in [0, 0.05) is 31.3 Å². The van der Waals surface area contributed by atoms with E-state index in [1.165, 1.54) is 18.2 Å². The van der Waals surface area contributed by atoms with Gasteiger partial charge in [0.15, 0.2) is 0 Å². The molecule has 0 spiro atoms. The first-order valence-electron chi connectivity index (χ1n) is 9.62. The molecule has 1 aromatic carbocycles. The highest BCUT2D eigenvalue weighted by Crippen LogP contribution is 2.31.